The minimum atomic E-state index is -0.574. The summed E-state index contributed by atoms with van der Waals surface area (Å²) in [7, 11) is 0. The maximum Gasteiger partial charge on any atom is 0.265 e. The maximum atomic E-state index is 12.0. The van der Waals surface area contributed by atoms with Crippen LogP contribution >= 0.6 is 31.9 Å². The number of benzene rings is 2. The van der Waals surface area contributed by atoms with E-state index in [4.69, 9.17) is 4.74 Å². The first-order valence-electron chi connectivity index (χ1n) is 6.03. The summed E-state index contributed by atoms with van der Waals surface area (Å²) < 4.78 is 7.47. The Balaban J connectivity index is 1.96. The molecule has 1 atom stereocenters. The van der Waals surface area contributed by atoms with Crippen LogP contribution in [0.3, 0.4) is 0 Å². The fraction of sp³-hybridized carbons (Fsp3) is 0.133. The second kappa shape index (κ2) is 6.90. The van der Waals surface area contributed by atoms with Gasteiger partial charge in [-0.3, -0.25) is 4.79 Å². The second-order valence-electron chi connectivity index (χ2n) is 4.21. The van der Waals surface area contributed by atoms with E-state index in [2.05, 4.69) is 37.2 Å². The van der Waals surface area contributed by atoms with E-state index in [9.17, 15) is 4.79 Å². The molecule has 0 saturated carbocycles. The molecular formula is C15H13Br2NO2. The van der Waals surface area contributed by atoms with Gasteiger partial charge in [0.2, 0.25) is 0 Å². The van der Waals surface area contributed by atoms with E-state index < -0.39 is 6.10 Å². The number of halogens is 2. The highest BCUT2D eigenvalue weighted by atomic mass is 79.9. The van der Waals surface area contributed by atoms with Gasteiger partial charge in [0.05, 0.1) is 0 Å². The van der Waals surface area contributed by atoms with E-state index in [-0.39, 0.29) is 5.91 Å². The van der Waals surface area contributed by atoms with Gasteiger partial charge < -0.3 is 10.1 Å². The average molecular weight is 399 g/mol. The number of anilines is 1. The van der Waals surface area contributed by atoms with Crippen molar-refractivity contribution < 1.29 is 9.53 Å². The summed E-state index contributed by atoms with van der Waals surface area (Å²) in [5, 5.41) is 2.81. The summed E-state index contributed by atoms with van der Waals surface area (Å²) in [6.45, 7) is 1.72. The number of amides is 1. The maximum absolute atomic E-state index is 12.0. The Morgan fingerprint density at radius 3 is 2.45 bits per heavy atom. The minimum Gasteiger partial charge on any atom is -0.481 e. The van der Waals surface area contributed by atoms with Gasteiger partial charge in [0, 0.05) is 14.6 Å². The van der Waals surface area contributed by atoms with Crippen LogP contribution in [0.25, 0.3) is 0 Å². The summed E-state index contributed by atoms with van der Waals surface area (Å²) in [4.78, 5) is 12.0. The van der Waals surface area contributed by atoms with Gasteiger partial charge in [0.25, 0.3) is 5.91 Å². The van der Waals surface area contributed by atoms with E-state index in [0.29, 0.717) is 5.75 Å². The Labute approximate surface area is 134 Å². The van der Waals surface area contributed by atoms with Gasteiger partial charge in [0.15, 0.2) is 6.10 Å². The lowest BCUT2D eigenvalue weighted by Crippen LogP contribution is -2.30. The van der Waals surface area contributed by atoms with Gasteiger partial charge in [-0.25, -0.2) is 0 Å². The van der Waals surface area contributed by atoms with E-state index in [0.717, 1.165) is 14.6 Å². The fourth-order valence-electron chi connectivity index (χ4n) is 1.58. The minimum absolute atomic E-state index is 0.189. The molecule has 2 rings (SSSR count). The molecule has 20 heavy (non-hydrogen) atoms. The highest BCUT2D eigenvalue weighted by Crippen LogP contribution is 2.19. The van der Waals surface area contributed by atoms with E-state index in [1.54, 1.807) is 6.92 Å². The molecule has 2 aromatic rings. The number of carbonyl (C=O) groups excluding carboxylic acids is 1. The number of rotatable bonds is 4. The van der Waals surface area contributed by atoms with E-state index in [1.807, 2.05) is 48.5 Å². The molecule has 1 N–H and O–H groups in total. The fourth-order valence-corrected chi connectivity index (χ4v) is 2.24. The summed E-state index contributed by atoms with van der Waals surface area (Å²) >= 11 is 6.71. The predicted molar refractivity (Wildman–Crippen MR) is 87.0 cm³/mol. The zero-order chi connectivity index (χ0) is 14.5. The van der Waals surface area contributed by atoms with Crippen LogP contribution in [-0.2, 0) is 4.79 Å². The van der Waals surface area contributed by atoms with Crippen LogP contribution in [-0.4, -0.2) is 12.0 Å². The van der Waals surface area contributed by atoms with Crippen molar-refractivity contribution in [1.29, 1.82) is 0 Å². The van der Waals surface area contributed by atoms with Crippen LogP contribution in [0.15, 0.2) is 57.5 Å². The molecule has 0 radical (unpaired) electrons. The first kappa shape index (κ1) is 15.1. The lowest BCUT2D eigenvalue weighted by molar-refractivity contribution is -0.122. The molecule has 1 amide bonds. The average Bonchev–Trinajstić information content (AvgIpc) is 2.41. The molecule has 0 heterocycles. The van der Waals surface area contributed by atoms with Crippen molar-refractivity contribution in [2.24, 2.45) is 0 Å². The lowest BCUT2D eigenvalue weighted by Gasteiger charge is -2.15. The molecule has 0 aliphatic carbocycles. The largest absolute Gasteiger partial charge is 0.481 e. The molecule has 5 heteroatoms. The van der Waals surface area contributed by atoms with Crippen molar-refractivity contribution in [1.82, 2.24) is 0 Å². The molecule has 104 valence electrons. The molecule has 0 unspecified atom stereocenters. The van der Waals surface area contributed by atoms with Gasteiger partial charge in [-0.05, 0) is 49.4 Å². The summed E-state index contributed by atoms with van der Waals surface area (Å²) in [5.74, 6) is 0.469. The summed E-state index contributed by atoms with van der Waals surface area (Å²) in [5.41, 5.74) is 0.732. The first-order chi connectivity index (χ1) is 9.54. The van der Waals surface area contributed by atoms with E-state index in [1.165, 1.54) is 0 Å². The topological polar surface area (TPSA) is 38.3 Å². The quantitative estimate of drug-likeness (QED) is 0.815. The van der Waals surface area contributed by atoms with Gasteiger partial charge in [-0.1, -0.05) is 37.9 Å². The lowest BCUT2D eigenvalue weighted by atomic mass is 10.3. The standard InChI is InChI=1S/C15H13Br2NO2/c1-10(20-14-7-5-11(16)6-8-14)15(19)18-13-4-2-3-12(17)9-13/h2-10H,1H3,(H,18,19)/t10-/m1/s1. The molecule has 3 nitrogen and oxygen atoms in total. The third-order valence-electron chi connectivity index (χ3n) is 2.59. The van der Waals surface area contributed by atoms with Crippen LogP contribution in [0.4, 0.5) is 5.69 Å². The van der Waals surface area contributed by atoms with Gasteiger partial charge in [-0.2, -0.15) is 0 Å². The smallest absolute Gasteiger partial charge is 0.265 e. The SMILES string of the molecule is C[C@@H](Oc1ccc(Br)cc1)C(=O)Nc1cccc(Br)c1. The number of ether oxygens (including phenoxy) is 1. The number of carbonyl (C=O) groups is 1. The van der Waals surface area contributed by atoms with Gasteiger partial charge >= 0.3 is 0 Å². The van der Waals surface area contributed by atoms with Crippen LogP contribution in [0.2, 0.25) is 0 Å². The van der Waals surface area contributed by atoms with Crippen molar-refractivity contribution in [3.8, 4) is 5.75 Å². The van der Waals surface area contributed by atoms with Gasteiger partial charge in [0.1, 0.15) is 5.75 Å². The molecule has 0 aliphatic heterocycles. The number of hydrogen-bond acceptors (Lipinski definition) is 2. The first-order valence-corrected chi connectivity index (χ1v) is 7.62. The summed E-state index contributed by atoms with van der Waals surface area (Å²) in [6.07, 6.45) is -0.574. The van der Waals surface area contributed by atoms with Crippen LogP contribution in [0, 0.1) is 0 Å². The molecule has 0 saturated heterocycles. The predicted octanol–water partition coefficient (Wildman–Crippen LogP) is 4.62. The normalized spacial score (nSPS) is 11.8. The molecule has 0 aromatic heterocycles. The third kappa shape index (κ3) is 4.35. The van der Waals surface area contributed by atoms with E-state index >= 15 is 0 Å². The highest BCUT2D eigenvalue weighted by Gasteiger charge is 2.14. The highest BCUT2D eigenvalue weighted by molar-refractivity contribution is 9.10. The van der Waals surface area contributed by atoms with Gasteiger partial charge in [-0.15, -0.1) is 0 Å². The Morgan fingerprint density at radius 1 is 1.10 bits per heavy atom. The Kier molecular flexibility index (Phi) is 5.20. The molecule has 0 fully saturated rings. The molecular weight excluding hydrogens is 386 g/mol. The molecule has 0 aliphatic rings. The zero-order valence-electron chi connectivity index (χ0n) is 10.8. The molecule has 2 aromatic carbocycles. The van der Waals surface area contributed by atoms with Crippen LogP contribution in [0.5, 0.6) is 5.75 Å². The zero-order valence-corrected chi connectivity index (χ0v) is 13.9. The van der Waals surface area contributed by atoms with Crippen molar-refractivity contribution in [2.75, 3.05) is 5.32 Å². The van der Waals surface area contributed by atoms with Crippen molar-refractivity contribution in [3.63, 3.8) is 0 Å². The Hall–Kier alpha value is -1.33. The Bertz CT molecular complexity index is 599. The molecule has 0 bridgehead atoms. The number of nitrogens with one attached hydrogen (secondary N) is 1. The summed E-state index contributed by atoms with van der Waals surface area (Å²) in [6, 6.07) is 14.8. The van der Waals surface area contributed by atoms with Crippen LogP contribution in [0.1, 0.15) is 6.92 Å². The van der Waals surface area contributed by atoms with Crippen molar-refractivity contribution in [2.45, 2.75) is 13.0 Å². The second-order valence-corrected chi connectivity index (χ2v) is 6.04. The monoisotopic (exact) mass is 397 g/mol. The number of hydrogen-bond donors (Lipinski definition) is 1. The van der Waals surface area contributed by atoms with Crippen LogP contribution < -0.4 is 10.1 Å². The van der Waals surface area contributed by atoms with Crippen molar-refractivity contribution >= 4 is 43.5 Å². The Morgan fingerprint density at radius 2 is 1.80 bits per heavy atom. The molecule has 0 spiro atoms. The van der Waals surface area contributed by atoms with Crippen molar-refractivity contribution in [3.05, 3.63) is 57.5 Å². The third-order valence-corrected chi connectivity index (χ3v) is 3.61.